The molecule has 1 aromatic rings. The van der Waals surface area contributed by atoms with E-state index in [-0.39, 0.29) is 24.0 Å². The van der Waals surface area contributed by atoms with Gasteiger partial charge in [0.05, 0.1) is 0 Å². The van der Waals surface area contributed by atoms with Crippen molar-refractivity contribution < 1.29 is 0 Å². The zero-order valence-electron chi connectivity index (χ0n) is 12.7. The van der Waals surface area contributed by atoms with E-state index >= 15 is 0 Å². The topological polar surface area (TPSA) is 30.9 Å². The molecule has 2 aliphatic heterocycles. The van der Waals surface area contributed by atoms with Crippen LogP contribution in [0.5, 0.6) is 0 Å². The van der Waals surface area contributed by atoms with E-state index in [2.05, 4.69) is 44.4 Å². The van der Waals surface area contributed by atoms with Crippen LogP contribution in [-0.4, -0.2) is 50.6 Å². The second-order valence-corrected chi connectivity index (χ2v) is 5.55. The van der Waals surface area contributed by atoms with Crippen molar-refractivity contribution in [1.82, 2.24) is 10.2 Å². The van der Waals surface area contributed by atoms with Crippen molar-refractivity contribution >= 4 is 35.6 Å². The van der Waals surface area contributed by atoms with Gasteiger partial charge in [-0.15, -0.1) is 24.0 Å². The summed E-state index contributed by atoms with van der Waals surface area (Å²) in [5, 5.41) is 3.51. The zero-order valence-corrected chi connectivity index (χ0v) is 15.0. The van der Waals surface area contributed by atoms with Gasteiger partial charge in [-0.2, -0.15) is 0 Å². The molecule has 0 saturated carbocycles. The molecular formula is C16H25IN4. The van der Waals surface area contributed by atoms with Crippen molar-refractivity contribution in [3.63, 3.8) is 0 Å². The van der Waals surface area contributed by atoms with Gasteiger partial charge < -0.3 is 15.1 Å². The third kappa shape index (κ3) is 3.88. The lowest BCUT2D eigenvalue weighted by molar-refractivity contribution is 0.343. The Morgan fingerprint density at radius 2 is 1.95 bits per heavy atom. The molecule has 1 fully saturated rings. The number of aliphatic imine (C=N–C) groups is 1. The van der Waals surface area contributed by atoms with Crippen molar-refractivity contribution in [1.29, 1.82) is 0 Å². The van der Waals surface area contributed by atoms with Crippen LogP contribution in [0.1, 0.15) is 18.4 Å². The van der Waals surface area contributed by atoms with Crippen LogP contribution in [0.3, 0.4) is 0 Å². The quantitative estimate of drug-likeness (QED) is 0.480. The molecule has 0 spiro atoms. The number of rotatable bonds is 3. The van der Waals surface area contributed by atoms with E-state index in [9.17, 15) is 0 Å². The van der Waals surface area contributed by atoms with Gasteiger partial charge in [0.2, 0.25) is 0 Å². The van der Waals surface area contributed by atoms with Gasteiger partial charge in [-0.1, -0.05) is 18.2 Å². The van der Waals surface area contributed by atoms with Crippen LogP contribution in [0.25, 0.3) is 0 Å². The normalized spacial score (nSPS) is 18.5. The van der Waals surface area contributed by atoms with Gasteiger partial charge in [0.15, 0.2) is 5.96 Å². The third-order valence-electron chi connectivity index (χ3n) is 4.26. The smallest absolute Gasteiger partial charge is 0.198 e. The first kappa shape index (κ1) is 16.5. The maximum Gasteiger partial charge on any atom is 0.198 e. The van der Waals surface area contributed by atoms with Gasteiger partial charge in [0.1, 0.15) is 0 Å². The molecule has 4 nitrogen and oxygen atoms in total. The SMILES string of the molecule is CN=C(NCCN1CCCC1)N1CCc2ccccc21.I. The number of hydrogen-bond donors (Lipinski definition) is 1. The van der Waals surface area contributed by atoms with E-state index in [1.165, 1.54) is 37.2 Å². The second-order valence-electron chi connectivity index (χ2n) is 5.55. The van der Waals surface area contributed by atoms with Crippen LogP contribution in [0.15, 0.2) is 29.3 Å². The van der Waals surface area contributed by atoms with Crippen molar-refractivity contribution in [2.24, 2.45) is 4.99 Å². The largest absolute Gasteiger partial charge is 0.355 e. The Morgan fingerprint density at radius 1 is 1.19 bits per heavy atom. The average molecular weight is 400 g/mol. The molecule has 116 valence electrons. The van der Waals surface area contributed by atoms with Gasteiger partial charge in [0, 0.05) is 32.4 Å². The van der Waals surface area contributed by atoms with Gasteiger partial charge in [0.25, 0.3) is 0 Å². The number of halogens is 1. The standard InChI is InChI=1S/C16H24N4.HI/c1-17-16(18-9-13-19-10-4-5-11-19)20-12-8-14-6-2-3-7-15(14)20;/h2-3,6-7H,4-5,8-13H2,1H3,(H,17,18);1H. The molecule has 0 amide bonds. The summed E-state index contributed by atoms with van der Waals surface area (Å²) in [6, 6.07) is 8.63. The van der Waals surface area contributed by atoms with E-state index in [0.29, 0.717) is 0 Å². The fraction of sp³-hybridized carbons (Fsp3) is 0.562. The van der Waals surface area contributed by atoms with Crippen LogP contribution >= 0.6 is 24.0 Å². The van der Waals surface area contributed by atoms with Crippen LogP contribution in [-0.2, 0) is 6.42 Å². The Bertz CT molecular complexity index is 483. The molecule has 1 saturated heterocycles. The molecule has 0 aromatic heterocycles. The van der Waals surface area contributed by atoms with Crippen LogP contribution in [0.2, 0.25) is 0 Å². The highest BCUT2D eigenvalue weighted by atomic mass is 127. The summed E-state index contributed by atoms with van der Waals surface area (Å²) in [6.07, 6.45) is 3.82. The summed E-state index contributed by atoms with van der Waals surface area (Å²) >= 11 is 0. The maximum absolute atomic E-state index is 4.45. The second kappa shape index (κ2) is 7.98. The molecule has 0 unspecified atom stereocenters. The predicted molar refractivity (Wildman–Crippen MR) is 99.9 cm³/mol. The summed E-state index contributed by atoms with van der Waals surface area (Å²) < 4.78 is 0. The number of nitrogens with one attached hydrogen (secondary N) is 1. The Kier molecular flexibility index (Phi) is 6.29. The Morgan fingerprint density at radius 3 is 2.71 bits per heavy atom. The molecule has 5 heteroatoms. The van der Waals surface area contributed by atoms with Gasteiger partial charge >= 0.3 is 0 Å². The summed E-state index contributed by atoms with van der Waals surface area (Å²) in [7, 11) is 1.87. The number of para-hydroxylation sites is 1. The fourth-order valence-electron chi connectivity index (χ4n) is 3.19. The van der Waals surface area contributed by atoms with Crippen molar-refractivity contribution in [2.75, 3.05) is 44.7 Å². The lowest BCUT2D eigenvalue weighted by Crippen LogP contribution is -2.43. The predicted octanol–water partition coefficient (Wildman–Crippen LogP) is 2.34. The van der Waals surface area contributed by atoms with Gasteiger partial charge in [-0.05, 0) is 44.0 Å². The molecule has 1 aromatic carbocycles. The lowest BCUT2D eigenvalue weighted by Gasteiger charge is -2.23. The molecule has 3 rings (SSSR count). The number of hydrogen-bond acceptors (Lipinski definition) is 2. The number of anilines is 1. The first-order chi connectivity index (χ1) is 9.88. The van der Waals surface area contributed by atoms with Gasteiger partial charge in [-0.3, -0.25) is 4.99 Å². The van der Waals surface area contributed by atoms with E-state index in [1.807, 2.05) is 7.05 Å². The monoisotopic (exact) mass is 400 g/mol. The highest BCUT2D eigenvalue weighted by Crippen LogP contribution is 2.27. The van der Waals surface area contributed by atoms with E-state index < -0.39 is 0 Å². The van der Waals surface area contributed by atoms with E-state index in [0.717, 1.165) is 32.0 Å². The highest BCUT2D eigenvalue weighted by Gasteiger charge is 2.22. The first-order valence-corrected chi connectivity index (χ1v) is 7.67. The lowest BCUT2D eigenvalue weighted by atomic mass is 10.2. The molecule has 2 heterocycles. The molecule has 0 aliphatic carbocycles. The van der Waals surface area contributed by atoms with Crippen LogP contribution in [0.4, 0.5) is 5.69 Å². The maximum atomic E-state index is 4.45. The summed E-state index contributed by atoms with van der Waals surface area (Å²) in [5.41, 5.74) is 2.73. The van der Waals surface area contributed by atoms with Crippen LogP contribution < -0.4 is 10.2 Å². The third-order valence-corrected chi connectivity index (χ3v) is 4.26. The first-order valence-electron chi connectivity index (χ1n) is 7.67. The summed E-state index contributed by atoms with van der Waals surface area (Å²) in [5.74, 6) is 1.01. The van der Waals surface area contributed by atoms with Gasteiger partial charge in [-0.25, -0.2) is 0 Å². The fourth-order valence-corrected chi connectivity index (χ4v) is 3.19. The van der Waals surface area contributed by atoms with E-state index in [4.69, 9.17) is 0 Å². The Balaban J connectivity index is 0.00000161. The Labute approximate surface area is 144 Å². The number of fused-ring (bicyclic) bond motifs is 1. The van der Waals surface area contributed by atoms with E-state index in [1.54, 1.807) is 0 Å². The van der Waals surface area contributed by atoms with Crippen molar-refractivity contribution in [3.8, 4) is 0 Å². The number of benzene rings is 1. The number of nitrogens with zero attached hydrogens (tertiary/aromatic N) is 3. The number of guanidine groups is 1. The zero-order chi connectivity index (χ0) is 13.8. The molecular weight excluding hydrogens is 375 g/mol. The minimum absolute atomic E-state index is 0. The highest BCUT2D eigenvalue weighted by molar-refractivity contribution is 14.0. The molecule has 0 bridgehead atoms. The molecule has 0 radical (unpaired) electrons. The summed E-state index contributed by atoms with van der Waals surface area (Å²) in [4.78, 5) is 9.28. The molecule has 0 atom stereocenters. The Hall–Kier alpha value is -0.820. The molecule has 21 heavy (non-hydrogen) atoms. The minimum atomic E-state index is 0. The minimum Gasteiger partial charge on any atom is -0.355 e. The van der Waals surface area contributed by atoms with Crippen molar-refractivity contribution in [2.45, 2.75) is 19.3 Å². The molecule has 2 aliphatic rings. The van der Waals surface area contributed by atoms with Crippen LogP contribution in [0, 0.1) is 0 Å². The average Bonchev–Trinajstić information content (AvgIpc) is 3.13. The number of likely N-dealkylation sites (tertiary alicyclic amines) is 1. The summed E-state index contributed by atoms with van der Waals surface area (Å²) in [6.45, 7) is 5.64. The molecule has 1 N–H and O–H groups in total. The van der Waals surface area contributed by atoms with Crippen molar-refractivity contribution in [3.05, 3.63) is 29.8 Å².